The van der Waals surface area contributed by atoms with Gasteiger partial charge in [0.1, 0.15) is 11.5 Å². The van der Waals surface area contributed by atoms with Crippen LogP contribution in [0.1, 0.15) is 24.4 Å². The highest BCUT2D eigenvalue weighted by Crippen LogP contribution is 2.30. The summed E-state index contributed by atoms with van der Waals surface area (Å²) in [4.78, 5) is 14.4. The van der Waals surface area contributed by atoms with Gasteiger partial charge in [0.05, 0.1) is 25.0 Å². The minimum absolute atomic E-state index is 0.0218. The van der Waals surface area contributed by atoms with E-state index in [-0.39, 0.29) is 18.1 Å². The van der Waals surface area contributed by atoms with Crippen LogP contribution in [0.2, 0.25) is 0 Å². The Labute approximate surface area is 141 Å². The van der Waals surface area contributed by atoms with Gasteiger partial charge in [-0.25, -0.2) is 0 Å². The number of rotatable bonds is 3. The van der Waals surface area contributed by atoms with Gasteiger partial charge in [-0.2, -0.15) is 0 Å². The van der Waals surface area contributed by atoms with Crippen molar-refractivity contribution in [2.75, 3.05) is 25.9 Å². The SMILES string of the molecule is COc1ccc(-c2ccc(C(=O)N3C[C@@H](C)O[C@@H](C)C3)o2)cc1N. The molecule has 2 heterocycles. The molecule has 1 aliphatic rings. The third-order valence-electron chi connectivity index (χ3n) is 4.04. The fourth-order valence-corrected chi connectivity index (χ4v) is 3.00. The maximum atomic E-state index is 12.6. The van der Waals surface area contributed by atoms with E-state index < -0.39 is 0 Å². The molecular weight excluding hydrogens is 308 g/mol. The number of nitrogens with two attached hydrogens (primary N) is 1. The number of furan rings is 1. The van der Waals surface area contributed by atoms with E-state index in [1.54, 1.807) is 36.3 Å². The monoisotopic (exact) mass is 330 g/mol. The number of anilines is 1. The van der Waals surface area contributed by atoms with Crippen LogP contribution in [-0.2, 0) is 4.74 Å². The lowest BCUT2D eigenvalue weighted by molar-refractivity contribution is -0.0592. The summed E-state index contributed by atoms with van der Waals surface area (Å²) in [7, 11) is 1.57. The van der Waals surface area contributed by atoms with E-state index in [0.29, 0.717) is 36.0 Å². The Hall–Kier alpha value is -2.47. The number of methoxy groups -OCH3 is 1. The molecule has 1 aliphatic heterocycles. The lowest BCUT2D eigenvalue weighted by Crippen LogP contribution is -2.48. The summed E-state index contributed by atoms with van der Waals surface area (Å²) >= 11 is 0. The van der Waals surface area contributed by atoms with Gasteiger partial charge in [-0.3, -0.25) is 4.79 Å². The van der Waals surface area contributed by atoms with Crippen molar-refractivity contribution < 1.29 is 18.7 Å². The first-order chi connectivity index (χ1) is 11.5. The molecule has 0 spiro atoms. The maximum Gasteiger partial charge on any atom is 0.289 e. The summed E-state index contributed by atoms with van der Waals surface area (Å²) in [5.74, 6) is 1.41. The van der Waals surface area contributed by atoms with E-state index in [2.05, 4.69) is 0 Å². The number of nitrogen functional groups attached to an aromatic ring is 1. The zero-order chi connectivity index (χ0) is 17.3. The van der Waals surface area contributed by atoms with Gasteiger partial charge in [-0.05, 0) is 44.2 Å². The number of amides is 1. The van der Waals surface area contributed by atoms with Crippen molar-refractivity contribution >= 4 is 11.6 Å². The Balaban J connectivity index is 1.80. The summed E-state index contributed by atoms with van der Waals surface area (Å²) in [6.45, 7) is 5.05. The molecule has 1 amide bonds. The summed E-state index contributed by atoms with van der Waals surface area (Å²) < 4.78 is 16.6. The van der Waals surface area contributed by atoms with Crippen LogP contribution in [0.25, 0.3) is 11.3 Å². The van der Waals surface area contributed by atoms with Crippen molar-refractivity contribution in [2.45, 2.75) is 26.1 Å². The van der Waals surface area contributed by atoms with E-state index in [4.69, 9.17) is 19.6 Å². The summed E-state index contributed by atoms with van der Waals surface area (Å²) in [6.07, 6.45) is 0.0436. The first-order valence-electron chi connectivity index (χ1n) is 7.96. The van der Waals surface area contributed by atoms with Crippen molar-refractivity contribution in [3.8, 4) is 17.1 Å². The second kappa shape index (κ2) is 6.57. The van der Waals surface area contributed by atoms with Crippen LogP contribution >= 0.6 is 0 Å². The largest absolute Gasteiger partial charge is 0.495 e. The fraction of sp³-hybridized carbons (Fsp3) is 0.389. The number of carbonyl (C=O) groups is 1. The lowest BCUT2D eigenvalue weighted by Gasteiger charge is -2.34. The number of morpholine rings is 1. The Morgan fingerprint density at radius 2 is 1.92 bits per heavy atom. The van der Waals surface area contributed by atoms with Crippen LogP contribution < -0.4 is 10.5 Å². The van der Waals surface area contributed by atoms with Gasteiger partial charge in [-0.1, -0.05) is 0 Å². The number of hydrogen-bond acceptors (Lipinski definition) is 5. The van der Waals surface area contributed by atoms with Gasteiger partial charge >= 0.3 is 0 Å². The molecule has 0 saturated carbocycles. The number of carbonyl (C=O) groups excluding carboxylic acids is 1. The van der Waals surface area contributed by atoms with Gasteiger partial charge < -0.3 is 24.5 Å². The van der Waals surface area contributed by atoms with Crippen molar-refractivity contribution in [1.82, 2.24) is 4.90 Å². The van der Waals surface area contributed by atoms with Crippen molar-refractivity contribution in [3.05, 3.63) is 36.1 Å². The maximum absolute atomic E-state index is 12.6. The van der Waals surface area contributed by atoms with Crippen LogP contribution in [0.5, 0.6) is 5.75 Å². The molecule has 6 nitrogen and oxygen atoms in total. The highest BCUT2D eigenvalue weighted by atomic mass is 16.5. The molecule has 128 valence electrons. The molecule has 0 unspecified atom stereocenters. The quantitative estimate of drug-likeness (QED) is 0.876. The second-order valence-corrected chi connectivity index (χ2v) is 6.09. The molecule has 3 rings (SSSR count). The number of nitrogens with zero attached hydrogens (tertiary/aromatic N) is 1. The summed E-state index contributed by atoms with van der Waals surface area (Å²) in [6, 6.07) is 8.87. The van der Waals surface area contributed by atoms with E-state index >= 15 is 0 Å². The van der Waals surface area contributed by atoms with Gasteiger partial charge in [0.25, 0.3) is 5.91 Å². The molecule has 1 saturated heterocycles. The molecule has 0 bridgehead atoms. The molecule has 24 heavy (non-hydrogen) atoms. The molecule has 1 fully saturated rings. The lowest BCUT2D eigenvalue weighted by atomic mass is 10.1. The minimum atomic E-state index is -0.121. The standard InChI is InChI=1S/C18H22N2O4/c1-11-9-20(10-12(2)23-11)18(21)17-7-6-15(24-17)13-4-5-16(22-3)14(19)8-13/h4-8,11-12H,9-10,19H2,1-3H3/t11-,12+. The predicted molar refractivity (Wildman–Crippen MR) is 91.0 cm³/mol. The van der Waals surface area contributed by atoms with E-state index in [9.17, 15) is 4.79 Å². The van der Waals surface area contributed by atoms with Gasteiger partial charge in [0.2, 0.25) is 0 Å². The van der Waals surface area contributed by atoms with Gasteiger partial charge in [-0.15, -0.1) is 0 Å². The van der Waals surface area contributed by atoms with E-state index in [0.717, 1.165) is 5.56 Å². The predicted octanol–water partition coefficient (Wildman–Crippen LogP) is 2.79. The average Bonchev–Trinajstić information content (AvgIpc) is 3.03. The highest BCUT2D eigenvalue weighted by Gasteiger charge is 2.28. The molecule has 1 aromatic carbocycles. The minimum Gasteiger partial charge on any atom is -0.495 e. The number of ether oxygens (including phenoxy) is 2. The van der Waals surface area contributed by atoms with Crippen LogP contribution in [0, 0.1) is 0 Å². The molecule has 0 aliphatic carbocycles. The Morgan fingerprint density at radius 1 is 1.21 bits per heavy atom. The Bertz CT molecular complexity index is 730. The molecule has 2 N–H and O–H groups in total. The molecule has 2 aromatic rings. The smallest absolute Gasteiger partial charge is 0.289 e. The van der Waals surface area contributed by atoms with Crippen LogP contribution in [0.4, 0.5) is 5.69 Å². The first-order valence-corrected chi connectivity index (χ1v) is 7.96. The van der Waals surface area contributed by atoms with Gasteiger partial charge in [0, 0.05) is 18.7 Å². The van der Waals surface area contributed by atoms with E-state index in [1.807, 2.05) is 19.9 Å². The van der Waals surface area contributed by atoms with Crippen molar-refractivity contribution in [2.24, 2.45) is 0 Å². The number of hydrogen-bond donors (Lipinski definition) is 1. The molecule has 0 radical (unpaired) electrons. The Kier molecular flexibility index (Phi) is 4.49. The zero-order valence-corrected chi connectivity index (χ0v) is 14.1. The third-order valence-corrected chi connectivity index (χ3v) is 4.04. The molecule has 1 aromatic heterocycles. The van der Waals surface area contributed by atoms with Crippen molar-refractivity contribution in [3.63, 3.8) is 0 Å². The summed E-state index contributed by atoms with van der Waals surface area (Å²) in [5, 5.41) is 0. The Morgan fingerprint density at radius 3 is 2.54 bits per heavy atom. The van der Waals surface area contributed by atoms with Crippen LogP contribution in [0.3, 0.4) is 0 Å². The van der Waals surface area contributed by atoms with Crippen molar-refractivity contribution in [1.29, 1.82) is 0 Å². The fourth-order valence-electron chi connectivity index (χ4n) is 3.00. The molecular formula is C18H22N2O4. The molecule has 6 heteroatoms. The third kappa shape index (κ3) is 3.23. The first kappa shape index (κ1) is 16.4. The summed E-state index contributed by atoms with van der Waals surface area (Å²) in [5.41, 5.74) is 7.25. The highest BCUT2D eigenvalue weighted by molar-refractivity contribution is 5.92. The molecule has 2 atom stereocenters. The number of benzene rings is 1. The zero-order valence-electron chi connectivity index (χ0n) is 14.1. The van der Waals surface area contributed by atoms with Crippen LogP contribution in [-0.4, -0.2) is 43.2 Å². The second-order valence-electron chi connectivity index (χ2n) is 6.09. The topological polar surface area (TPSA) is 77.9 Å². The average molecular weight is 330 g/mol. The van der Waals surface area contributed by atoms with Crippen LogP contribution in [0.15, 0.2) is 34.7 Å². The normalized spacial score (nSPS) is 20.9. The van der Waals surface area contributed by atoms with Gasteiger partial charge in [0.15, 0.2) is 5.76 Å². The van der Waals surface area contributed by atoms with E-state index in [1.165, 1.54) is 0 Å².